The Balaban J connectivity index is 2.59. The molecule has 1 heterocycles. The number of carbonyl (C=O) groups is 1. The highest BCUT2D eigenvalue weighted by molar-refractivity contribution is 9.10. The maximum absolute atomic E-state index is 11.2. The molecule has 1 aromatic heterocycles. The summed E-state index contributed by atoms with van der Waals surface area (Å²) in [4.78, 5) is 11.2. The van der Waals surface area contributed by atoms with Gasteiger partial charge in [-0.2, -0.15) is 0 Å². The fraction of sp³-hybridized carbons (Fsp3) is 0. The van der Waals surface area contributed by atoms with Crippen molar-refractivity contribution in [1.29, 1.82) is 0 Å². The highest BCUT2D eigenvalue weighted by Crippen LogP contribution is 2.21. The maximum Gasteiger partial charge on any atom is 0.266 e. The molecule has 2 rings (SSSR count). The Kier molecular flexibility index (Phi) is 2.60. The van der Waals surface area contributed by atoms with Gasteiger partial charge in [0.2, 0.25) is 0 Å². The van der Waals surface area contributed by atoms with E-state index in [0.29, 0.717) is 10.2 Å². The van der Waals surface area contributed by atoms with Gasteiger partial charge in [-0.3, -0.25) is 4.79 Å². The number of halogens is 1. The van der Waals surface area contributed by atoms with Gasteiger partial charge in [0.15, 0.2) is 0 Å². The van der Waals surface area contributed by atoms with Gasteiger partial charge in [-0.25, -0.2) is 0 Å². The average molecular weight is 265 g/mol. The number of nitrogens with two attached hydrogens (primary N) is 1. The van der Waals surface area contributed by atoms with Crippen LogP contribution in [-0.4, -0.2) is 10.5 Å². The number of hydrogen-bond acceptors (Lipinski definition) is 1. The molecule has 0 saturated carbocycles. The normalized spacial score (nSPS) is 10.2. The van der Waals surface area contributed by atoms with Crippen LogP contribution in [0.15, 0.2) is 47.1 Å². The number of primary amides is 1. The van der Waals surface area contributed by atoms with Gasteiger partial charge in [-0.1, -0.05) is 18.2 Å². The summed E-state index contributed by atoms with van der Waals surface area (Å²) >= 11 is 3.29. The van der Waals surface area contributed by atoms with E-state index in [1.165, 1.54) is 0 Å². The van der Waals surface area contributed by atoms with Crippen molar-refractivity contribution in [3.63, 3.8) is 0 Å². The van der Waals surface area contributed by atoms with E-state index in [0.717, 1.165) is 5.69 Å². The molecule has 0 bridgehead atoms. The molecular formula is C11H9BrN2O. The number of benzene rings is 1. The van der Waals surface area contributed by atoms with E-state index in [4.69, 9.17) is 5.73 Å². The number of rotatable bonds is 2. The molecule has 0 spiro atoms. The summed E-state index contributed by atoms with van der Waals surface area (Å²) < 4.78 is 2.46. The van der Waals surface area contributed by atoms with E-state index < -0.39 is 5.91 Å². The molecule has 0 unspecified atom stereocenters. The van der Waals surface area contributed by atoms with Crippen LogP contribution in [0.1, 0.15) is 10.5 Å². The molecule has 0 radical (unpaired) electrons. The standard InChI is InChI=1S/C11H9BrN2O/c12-9-6-7-14(10(9)11(13)15)8-4-2-1-3-5-8/h1-7H,(H2,13,15). The molecule has 0 aliphatic carbocycles. The predicted octanol–water partition coefficient (Wildman–Crippen LogP) is 2.34. The molecule has 15 heavy (non-hydrogen) atoms. The third-order valence-corrected chi connectivity index (χ3v) is 2.74. The van der Waals surface area contributed by atoms with Crippen LogP contribution in [0.4, 0.5) is 0 Å². The number of aromatic nitrogens is 1. The maximum atomic E-state index is 11.2. The molecule has 76 valence electrons. The first-order valence-corrected chi connectivity index (χ1v) is 5.21. The van der Waals surface area contributed by atoms with E-state index in [9.17, 15) is 4.79 Å². The molecule has 1 aromatic carbocycles. The molecule has 0 atom stereocenters. The zero-order valence-corrected chi connectivity index (χ0v) is 9.44. The topological polar surface area (TPSA) is 48.0 Å². The Labute approximate surface area is 95.6 Å². The minimum atomic E-state index is -0.448. The second-order valence-corrected chi connectivity index (χ2v) is 3.94. The number of carbonyl (C=O) groups excluding carboxylic acids is 1. The summed E-state index contributed by atoms with van der Waals surface area (Å²) in [7, 11) is 0. The number of hydrogen-bond donors (Lipinski definition) is 1. The summed E-state index contributed by atoms with van der Waals surface area (Å²) in [6.45, 7) is 0. The van der Waals surface area contributed by atoms with E-state index in [2.05, 4.69) is 15.9 Å². The van der Waals surface area contributed by atoms with E-state index in [1.807, 2.05) is 30.3 Å². The zero-order chi connectivity index (χ0) is 10.8. The Hall–Kier alpha value is -1.55. The Morgan fingerprint density at radius 3 is 2.47 bits per heavy atom. The fourth-order valence-corrected chi connectivity index (χ4v) is 1.95. The molecule has 2 aromatic rings. The Morgan fingerprint density at radius 2 is 1.87 bits per heavy atom. The highest BCUT2D eigenvalue weighted by atomic mass is 79.9. The van der Waals surface area contributed by atoms with E-state index >= 15 is 0 Å². The lowest BCUT2D eigenvalue weighted by Gasteiger charge is -2.06. The second-order valence-electron chi connectivity index (χ2n) is 3.08. The first-order valence-electron chi connectivity index (χ1n) is 4.42. The third kappa shape index (κ3) is 1.80. The van der Waals surface area contributed by atoms with Crippen LogP contribution in [0.2, 0.25) is 0 Å². The van der Waals surface area contributed by atoms with Crippen LogP contribution in [0, 0.1) is 0 Å². The zero-order valence-electron chi connectivity index (χ0n) is 7.85. The summed E-state index contributed by atoms with van der Waals surface area (Å²) in [6.07, 6.45) is 1.81. The van der Waals surface area contributed by atoms with Crippen molar-refractivity contribution >= 4 is 21.8 Å². The fourth-order valence-electron chi connectivity index (χ4n) is 1.45. The minimum absolute atomic E-state index is 0.448. The molecule has 4 heteroatoms. The summed E-state index contributed by atoms with van der Waals surface area (Å²) in [5.74, 6) is -0.448. The minimum Gasteiger partial charge on any atom is -0.364 e. The van der Waals surface area contributed by atoms with Crippen LogP contribution in [0.25, 0.3) is 5.69 Å². The van der Waals surface area contributed by atoms with Gasteiger partial charge in [0.25, 0.3) is 5.91 Å². The number of para-hydroxylation sites is 1. The first-order chi connectivity index (χ1) is 7.20. The lowest BCUT2D eigenvalue weighted by Crippen LogP contribution is -2.16. The monoisotopic (exact) mass is 264 g/mol. The lowest BCUT2D eigenvalue weighted by molar-refractivity contribution is 0.0993. The van der Waals surface area contributed by atoms with Crippen LogP contribution in [0.3, 0.4) is 0 Å². The predicted molar refractivity (Wildman–Crippen MR) is 62.0 cm³/mol. The third-order valence-electron chi connectivity index (χ3n) is 2.10. The van der Waals surface area contributed by atoms with Crippen molar-refractivity contribution in [2.45, 2.75) is 0 Å². The number of amides is 1. The molecule has 2 N–H and O–H groups in total. The summed E-state index contributed by atoms with van der Waals surface area (Å²) in [5, 5.41) is 0. The van der Waals surface area contributed by atoms with E-state index in [1.54, 1.807) is 16.8 Å². The molecular weight excluding hydrogens is 256 g/mol. The SMILES string of the molecule is NC(=O)c1c(Br)ccn1-c1ccccc1. The first kappa shape index (κ1) is 9.98. The Morgan fingerprint density at radius 1 is 1.20 bits per heavy atom. The molecule has 3 nitrogen and oxygen atoms in total. The van der Waals surface area contributed by atoms with Gasteiger partial charge in [0.05, 0.1) is 0 Å². The quantitative estimate of drug-likeness (QED) is 0.890. The van der Waals surface area contributed by atoms with Crippen LogP contribution < -0.4 is 5.73 Å². The molecule has 0 aliphatic rings. The lowest BCUT2D eigenvalue weighted by atomic mass is 10.3. The van der Waals surface area contributed by atoms with Crippen LogP contribution in [-0.2, 0) is 0 Å². The Bertz CT molecular complexity index is 491. The van der Waals surface area contributed by atoms with Gasteiger partial charge in [-0.05, 0) is 34.1 Å². The molecule has 0 saturated heterocycles. The average Bonchev–Trinajstić information content (AvgIpc) is 2.61. The smallest absolute Gasteiger partial charge is 0.266 e. The largest absolute Gasteiger partial charge is 0.364 e. The van der Waals surface area contributed by atoms with Crippen LogP contribution >= 0.6 is 15.9 Å². The van der Waals surface area contributed by atoms with E-state index in [-0.39, 0.29) is 0 Å². The van der Waals surface area contributed by atoms with Crippen molar-refractivity contribution in [3.8, 4) is 5.69 Å². The van der Waals surface area contributed by atoms with Gasteiger partial charge < -0.3 is 10.3 Å². The summed E-state index contributed by atoms with van der Waals surface area (Å²) in [5.41, 5.74) is 6.68. The van der Waals surface area contributed by atoms with Gasteiger partial charge in [0, 0.05) is 16.4 Å². The van der Waals surface area contributed by atoms with Gasteiger partial charge >= 0.3 is 0 Å². The van der Waals surface area contributed by atoms with Crippen molar-refractivity contribution in [3.05, 3.63) is 52.8 Å². The second kappa shape index (κ2) is 3.90. The van der Waals surface area contributed by atoms with Gasteiger partial charge in [0.1, 0.15) is 5.69 Å². The highest BCUT2D eigenvalue weighted by Gasteiger charge is 2.13. The van der Waals surface area contributed by atoms with Crippen molar-refractivity contribution in [2.75, 3.05) is 0 Å². The molecule has 0 fully saturated rings. The van der Waals surface area contributed by atoms with Gasteiger partial charge in [-0.15, -0.1) is 0 Å². The van der Waals surface area contributed by atoms with Crippen LogP contribution in [0.5, 0.6) is 0 Å². The number of nitrogens with zero attached hydrogens (tertiary/aromatic N) is 1. The molecule has 1 amide bonds. The van der Waals surface area contributed by atoms with Crippen molar-refractivity contribution < 1.29 is 4.79 Å². The summed E-state index contributed by atoms with van der Waals surface area (Å²) in [6, 6.07) is 11.4. The molecule has 0 aliphatic heterocycles. The van der Waals surface area contributed by atoms with Crippen molar-refractivity contribution in [1.82, 2.24) is 4.57 Å². The van der Waals surface area contributed by atoms with Crippen molar-refractivity contribution in [2.24, 2.45) is 5.73 Å².